The van der Waals surface area contributed by atoms with Crippen LogP contribution in [0.4, 0.5) is 16.5 Å². The van der Waals surface area contributed by atoms with E-state index in [9.17, 15) is 9.90 Å². The number of nitrogens with one attached hydrogen (secondary N) is 1. The monoisotopic (exact) mass is 318 g/mol. The second-order valence-electron chi connectivity index (χ2n) is 6.29. The highest BCUT2D eigenvalue weighted by molar-refractivity contribution is 5.91. The molecule has 1 aliphatic rings. The Hall–Kier alpha value is -2.28. The molecule has 0 saturated heterocycles. The molecular formula is C16H22N4O3. The van der Waals surface area contributed by atoms with Gasteiger partial charge in [0.1, 0.15) is 5.52 Å². The van der Waals surface area contributed by atoms with E-state index in [1.54, 1.807) is 30.1 Å². The van der Waals surface area contributed by atoms with Gasteiger partial charge in [-0.2, -0.15) is 4.98 Å². The summed E-state index contributed by atoms with van der Waals surface area (Å²) in [5, 5.41) is 12.7. The van der Waals surface area contributed by atoms with E-state index in [1.807, 2.05) is 14.1 Å². The first-order valence-electron chi connectivity index (χ1n) is 7.72. The Labute approximate surface area is 134 Å². The Morgan fingerprint density at radius 1 is 1.43 bits per heavy atom. The highest BCUT2D eigenvalue weighted by Crippen LogP contribution is 2.32. The van der Waals surface area contributed by atoms with Crippen LogP contribution in [-0.2, 0) is 0 Å². The smallest absolute Gasteiger partial charge is 0.321 e. The molecule has 7 nitrogen and oxygen atoms in total. The van der Waals surface area contributed by atoms with Crippen molar-refractivity contribution in [1.29, 1.82) is 0 Å². The minimum Gasteiger partial charge on any atom is -0.423 e. The van der Waals surface area contributed by atoms with Crippen LogP contribution in [0.2, 0.25) is 0 Å². The molecule has 0 radical (unpaired) electrons. The van der Waals surface area contributed by atoms with Crippen LogP contribution in [0.25, 0.3) is 11.1 Å². The highest BCUT2D eigenvalue weighted by Gasteiger charge is 2.31. The van der Waals surface area contributed by atoms with Gasteiger partial charge in [0, 0.05) is 39.4 Å². The SMILES string of the molecule is CN(CC(O)C1CC1)C(=O)Nc1ccc2nc(N(C)C)oc2c1. The molecule has 1 aromatic heterocycles. The summed E-state index contributed by atoms with van der Waals surface area (Å²) in [4.78, 5) is 19.8. The van der Waals surface area contributed by atoms with Gasteiger partial charge in [0.05, 0.1) is 6.10 Å². The van der Waals surface area contributed by atoms with Crippen molar-refractivity contribution in [2.45, 2.75) is 18.9 Å². The zero-order valence-electron chi connectivity index (χ0n) is 13.6. The second-order valence-corrected chi connectivity index (χ2v) is 6.29. The number of aromatic nitrogens is 1. The second kappa shape index (κ2) is 6.08. The Balaban J connectivity index is 1.66. The van der Waals surface area contributed by atoms with E-state index in [0.717, 1.165) is 18.4 Å². The van der Waals surface area contributed by atoms with Crippen molar-refractivity contribution in [1.82, 2.24) is 9.88 Å². The van der Waals surface area contributed by atoms with Crippen molar-refractivity contribution in [2.24, 2.45) is 5.92 Å². The molecule has 1 saturated carbocycles. The van der Waals surface area contributed by atoms with Gasteiger partial charge in [0.25, 0.3) is 6.01 Å². The van der Waals surface area contributed by atoms with Gasteiger partial charge in [-0.15, -0.1) is 0 Å². The maximum absolute atomic E-state index is 12.2. The number of hydrogen-bond donors (Lipinski definition) is 2. The lowest BCUT2D eigenvalue weighted by Gasteiger charge is -2.21. The number of fused-ring (bicyclic) bond motifs is 1. The largest absolute Gasteiger partial charge is 0.423 e. The number of amides is 2. The topological polar surface area (TPSA) is 81.8 Å². The maximum atomic E-state index is 12.2. The van der Waals surface area contributed by atoms with Gasteiger partial charge in [-0.05, 0) is 30.9 Å². The number of oxazole rings is 1. The summed E-state index contributed by atoms with van der Waals surface area (Å²) in [7, 11) is 5.39. The molecule has 124 valence electrons. The molecule has 0 spiro atoms. The van der Waals surface area contributed by atoms with Gasteiger partial charge < -0.3 is 24.6 Å². The number of rotatable bonds is 5. The molecule has 2 amide bonds. The molecule has 3 rings (SSSR count). The minimum atomic E-state index is -0.440. The van der Waals surface area contributed by atoms with Crippen molar-refractivity contribution in [2.75, 3.05) is 37.9 Å². The van der Waals surface area contributed by atoms with E-state index in [1.165, 1.54) is 4.90 Å². The molecule has 2 N–H and O–H groups in total. The minimum absolute atomic E-state index is 0.253. The van der Waals surface area contributed by atoms with Crippen LogP contribution in [0.1, 0.15) is 12.8 Å². The van der Waals surface area contributed by atoms with Crippen LogP contribution in [0.5, 0.6) is 0 Å². The molecule has 1 fully saturated rings. The molecule has 1 unspecified atom stereocenters. The van der Waals surface area contributed by atoms with Gasteiger partial charge >= 0.3 is 6.03 Å². The van der Waals surface area contributed by atoms with E-state index in [-0.39, 0.29) is 6.03 Å². The van der Waals surface area contributed by atoms with Crippen LogP contribution in [0, 0.1) is 5.92 Å². The highest BCUT2D eigenvalue weighted by atomic mass is 16.4. The van der Waals surface area contributed by atoms with Crippen molar-refractivity contribution in [3.63, 3.8) is 0 Å². The molecule has 1 heterocycles. The lowest BCUT2D eigenvalue weighted by molar-refractivity contribution is 0.117. The lowest BCUT2D eigenvalue weighted by Crippen LogP contribution is -2.37. The average molecular weight is 318 g/mol. The summed E-state index contributed by atoms with van der Waals surface area (Å²) in [6.07, 6.45) is 1.66. The summed E-state index contributed by atoms with van der Waals surface area (Å²) in [5.41, 5.74) is 1.99. The first kappa shape index (κ1) is 15.6. The van der Waals surface area contributed by atoms with E-state index in [0.29, 0.717) is 29.7 Å². The first-order valence-corrected chi connectivity index (χ1v) is 7.72. The third kappa shape index (κ3) is 3.56. The van der Waals surface area contributed by atoms with Crippen LogP contribution in [-0.4, -0.2) is 54.8 Å². The summed E-state index contributed by atoms with van der Waals surface area (Å²) < 4.78 is 5.63. The maximum Gasteiger partial charge on any atom is 0.321 e. The fraction of sp³-hybridized carbons (Fsp3) is 0.500. The zero-order chi connectivity index (χ0) is 16.6. The van der Waals surface area contributed by atoms with Gasteiger partial charge in [0.15, 0.2) is 5.58 Å². The molecule has 0 bridgehead atoms. The van der Waals surface area contributed by atoms with Crippen molar-refractivity contribution in [3.05, 3.63) is 18.2 Å². The quantitative estimate of drug-likeness (QED) is 0.882. The third-order valence-corrected chi connectivity index (χ3v) is 3.98. The number of carbonyl (C=O) groups is 1. The summed E-state index contributed by atoms with van der Waals surface area (Å²) >= 11 is 0. The summed E-state index contributed by atoms with van der Waals surface area (Å²) in [6.45, 7) is 0.339. The van der Waals surface area contributed by atoms with Crippen molar-refractivity contribution < 1.29 is 14.3 Å². The van der Waals surface area contributed by atoms with E-state index in [4.69, 9.17) is 4.42 Å². The van der Waals surface area contributed by atoms with Gasteiger partial charge in [-0.3, -0.25) is 0 Å². The van der Waals surface area contributed by atoms with Crippen LogP contribution in [0.15, 0.2) is 22.6 Å². The van der Waals surface area contributed by atoms with Crippen LogP contribution in [0.3, 0.4) is 0 Å². The Morgan fingerprint density at radius 3 is 2.83 bits per heavy atom. The van der Waals surface area contributed by atoms with Crippen molar-refractivity contribution in [3.8, 4) is 0 Å². The van der Waals surface area contributed by atoms with Crippen LogP contribution < -0.4 is 10.2 Å². The van der Waals surface area contributed by atoms with Gasteiger partial charge in [0.2, 0.25) is 0 Å². The fourth-order valence-corrected chi connectivity index (χ4v) is 2.39. The fourth-order valence-electron chi connectivity index (χ4n) is 2.39. The van der Waals surface area contributed by atoms with Gasteiger partial charge in [-0.25, -0.2) is 4.79 Å². The number of hydrogen-bond acceptors (Lipinski definition) is 5. The number of aliphatic hydroxyl groups excluding tert-OH is 1. The lowest BCUT2D eigenvalue weighted by atomic mass is 10.2. The van der Waals surface area contributed by atoms with Gasteiger partial charge in [-0.1, -0.05) is 0 Å². The van der Waals surface area contributed by atoms with Crippen LogP contribution >= 0.6 is 0 Å². The predicted molar refractivity (Wildman–Crippen MR) is 88.7 cm³/mol. The molecule has 1 aromatic carbocycles. The molecule has 0 aliphatic heterocycles. The number of nitrogens with zero attached hydrogens (tertiary/aromatic N) is 3. The third-order valence-electron chi connectivity index (χ3n) is 3.98. The Kier molecular flexibility index (Phi) is 4.12. The first-order chi connectivity index (χ1) is 10.9. The summed E-state index contributed by atoms with van der Waals surface area (Å²) in [5.74, 6) is 0.347. The Morgan fingerprint density at radius 2 is 2.17 bits per heavy atom. The molecular weight excluding hydrogens is 296 g/mol. The van der Waals surface area contributed by atoms with E-state index >= 15 is 0 Å². The number of urea groups is 1. The summed E-state index contributed by atoms with van der Waals surface area (Å²) in [6, 6.07) is 5.61. The standard InChI is InChI=1S/C16H22N4O3/c1-19(2)16-18-12-7-6-11(8-14(12)23-16)17-15(22)20(3)9-13(21)10-4-5-10/h6-8,10,13,21H,4-5,9H2,1-3H3,(H,17,22). The van der Waals surface area contributed by atoms with E-state index in [2.05, 4.69) is 10.3 Å². The number of anilines is 2. The predicted octanol–water partition coefficient (Wildman–Crippen LogP) is 2.13. The molecule has 1 atom stereocenters. The molecule has 2 aromatic rings. The molecule has 7 heteroatoms. The Bertz CT molecular complexity index is 708. The average Bonchev–Trinajstić information content (AvgIpc) is 3.26. The number of benzene rings is 1. The molecule has 23 heavy (non-hydrogen) atoms. The van der Waals surface area contributed by atoms with Crippen molar-refractivity contribution >= 4 is 28.8 Å². The number of aliphatic hydroxyl groups is 1. The van der Waals surface area contributed by atoms with E-state index < -0.39 is 6.10 Å². The normalized spacial score (nSPS) is 15.5. The number of likely N-dealkylation sites (N-methyl/N-ethyl adjacent to an activating group) is 1. The number of carbonyl (C=O) groups excluding carboxylic acids is 1. The molecule has 1 aliphatic carbocycles. The zero-order valence-corrected chi connectivity index (χ0v) is 13.6.